The van der Waals surface area contributed by atoms with E-state index in [2.05, 4.69) is 21.2 Å². The van der Waals surface area contributed by atoms with Crippen molar-refractivity contribution in [3.63, 3.8) is 0 Å². The fraction of sp³-hybridized carbons (Fsp3) is 0.500. The molecule has 0 spiro atoms. The van der Waals surface area contributed by atoms with Gasteiger partial charge in [0.15, 0.2) is 0 Å². The topological polar surface area (TPSA) is 75.4 Å². The van der Waals surface area contributed by atoms with Crippen LogP contribution in [0.3, 0.4) is 0 Å². The zero-order valence-corrected chi connectivity index (χ0v) is 12.4. The standard InChI is InChI=1S/C14H19BrN2O2/c15-12-5-4-10(16)8-11(12)13(19)17-14(9-18)6-2-1-3-7-14/h4-5,8,18H,1-3,6-7,9,16H2,(H,17,19). The SMILES string of the molecule is Nc1ccc(Br)c(C(=O)NC2(CO)CCCCC2)c1. The minimum atomic E-state index is -0.473. The van der Waals surface area contributed by atoms with Crippen LogP contribution in [0.5, 0.6) is 0 Å². The van der Waals surface area contributed by atoms with Crippen LogP contribution in [-0.2, 0) is 0 Å². The molecular formula is C14H19BrN2O2. The molecule has 19 heavy (non-hydrogen) atoms. The first-order valence-electron chi connectivity index (χ1n) is 6.55. The quantitative estimate of drug-likeness (QED) is 0.747. The highest BCUT2D eigenvalue weighted by molar-refractivity contribution is 9.10. The Labute approximate surface area is 121 Å². The molecule has 0 heterocycles. The van der Waals surface area contributed by atoms with Crippen molar-refractivity contribution in [3.05, 3.63) is 28.2 Å². The van der Waals surface area contributed by atoms with Gasteiger partial charge in [-0.15, -0.1) is 0 Å². The molecule has 0 bridgehead atoms. The van der Waals surface area contributed by atoms with Gasteiger partial charge in [-0.25, -0.2) is 0 Å². The molecule has 0 aromatic heterocycles. The van der Waals surface area contributed by atoms with E-state index in [4.69, 9.17) is 5.73 Å². The second kappa shape index (κ2) is 5.92. The van der Waals surface area contributed by atoms with E-state index in [9.17, 15) is 9.90 Å². The third-order valence-corrected chi connectivity index (χ3v) is 4.42. The van der Waals surface area contributed by atoms with E-state index in [1.54, 1.807) is 18.2 Å². The Morgan fingerprint density at radius 1 is 1.37 bits per heavy atom. The summed E-state index contributed by atoms with van der Waals surface area (Å²) < 4.78 is 0.711. The summed E-state index contributed by atoms with van der Waals surface area (Å²) in [6, 6.07) is 5.15. The van der Waals surface area contributed by atoms with Gasteiger partial charge in [-0.1, -0.05) is 19.3 Å². The van der Waals surface area contributed by atoms with Crippen LogP contribution in [0.4, 0.5) is 5.69 Å². The van der Waals surface area contributed by atoms with E-state index in [1.165, 1.54) is 6.42 Å². The lowest BCUT2D eigenvalue weighted by Gasteiger charge is -2.36. The predicted octanol–water partition coefficient (Wildman–Crippen LogP) is 2.46. The van der Waals surface area contributed by atoms with Crippen LogP contribution in [0.2, 0.25) is 0 Å². The molecule has 0 aliphatic heterocycles. The molecule has 4 N–H and O–H groups in total. The van der Waals surface area contributed by atoms with Crippen molar-refractivity contribution < 1.29 is 9.90 Å². The molecule has 4 nitrogen and oxygen atoms in total. The van der Waals surface area contributed by atoms with E-state index in [0.29, 0.717) is 15.7 Å². The van der Waals surface area contributed by atoms with Crippen LogP contribution in [0, 0.1) is 0 Å². The number of anilines is 1. The van der Waals surface area contributed by atoms with Crippen molar-refractivity contribution >= 4 is 27.5 Å². The Bertz CT molecular complexity index is 471. The van der Waals surface area contributed by atoms with Gasteiger partial charge in [-0.3, -0.25) is 4.79 Å². The van der Waals surface area contributed by atoms with Gasteiger partial charge in [0.2, 0.25) is 0 Å². The molecule has 0 unspecified atom stereocenters. The average molecular weight is 327 g/mol. The van der Waals surface area contributed by atoms with E-state index in [-0.39, 0.29) is 12.5 Å². The number of aliphatic hydroxyl groups excluding tert-OH is 1. The number of benzene rings is 1. The number of aliphatic hydroxyl groups is 1. The van der Waals surface area contributed by atoms with E-state index < -0.39 is 5.54 Å². The Hall–Kier alpha value is -1.07. The lowest BCUT2D eigenvalue weighted by Crippen LogP contribution is -2.52. The highest BCUT2D eigenvalue weighted by Crippen LogP contribution is 2.29. The number of nitrogens with two attached hydrogens (primary N) is 1. The average Bonchev–Trinajstić information content (AvgIpc) is 2.42. The maximum Gasteiger partial charge on any atom is 0.253 e. The number of carbonyl (C=O) groups is 1. The fourth-order valence-corrected chi connectivity index (χ4v) is 3.00. The summed E-state index contributed by atoms with van der Waals surface area (Å²) in [5, 5.41) is 12.6. The summed E-state index contributed by atoms with van der Waals surface area (Å²) in [7, 11) is 0. The summed E-state index contributed by atoms with van der Waals surface area (Å²) in [4.78, 5) is 12.3. The number of rotatable bonds is 3. The van der Waals surface area contributed by atoms with Crippen molar-refractivity contribution in [2.45, 2.75) is 37.6 Å². The molecule has 0 radical (unpaired) electrons. The van der Waals surface area contributed by atoms with E-state index in [1.807, 2.05) is 0 Å². The maximum absolute atomic E-state index is 12.3. The third-order valence-electron chi connectivity index (χ3n) is 3.73. The van der Waals surface area contributed by atoms with Crippen LogP contribution in [-0.4, -0.2) is 23.2 Å². The first-order chi connectivity index (χ1) is 9.06. The molecule has 5 heteroatoms. The minimum Gasteiger partial charge on any atom is -0.399 e. The van der Waals surface area contributed by atoms with E-state index >= 15 is 0 Å². The molecule has 2 rings (SSSR count). The second-order valence-corrected chi connectivity index (χ2v) is 6.05. The molecule has 1 aliphatic rings. The van der Waals surface area contributed by atoms with Crippen molar-refractivity contribution in [3.8, 4) is 0 Å². The highest BCUT2D eigenvalue weighted by atomic mass is 79.9. The number of nitrogens with one attached hydrogen (secondary N) is 1. The molecule has 1 aliphatic carbocycles. The first-order valence-corrected chi connectivity index (χ1v) is 7.34. The smallest absolute Gasteiger partial charge is 0.253 e. The Morgan fingerprint density at radius 2 is 2.05 bits per heavy atom. The third kappa shape index (κ3) is 3.28. The molecule has 1 amide bonds. The number of halogens is 1. The maximum atomic E-state index is 12.3. The lowest BCUT2D eigenvalue weighted by atomic mass is 9.82. The molecule has 1 aromatic carbocycles. The zero-order valence-electron chi connectivity index (χ0n) is 10.8. The fourth-order valence-electron chi connectivity index (χ4n) is 2.58. The number of carbonyl (C=O) groups excluding carboxylic acids is 1. The van der Waals surface area contributed by atoms with Crippen molar-refractivity contribution in [1.29, 1.82) is 0 Å². The largest absolute Gasteiger partial charge is 0.399 e. The molecule has 0 saturated heterocycles. The summed E-state index contributed by atoms with van der Waals surface area (Å²) in [6.45, 7) is -0.0152. The van der Waals surface area contributed by atoms with Gasteiger partial charge in [0.05, 0.1) is 17.7 Å². The van der Waals surface area contributed by atoms with Crippen LogP contribution in [0.25, 0.3) is 0 Å². The van der Waals surface area contributed by atoms with Crippen LogP contribution >= 0.6 is 15.9 Å². The summed E-state index contributed by atoms with van der Waals surface area (Å²) >= 11 is 3.36. The molecule has 1 saturated carbocycles. The monoisotopic (exact) mass is 326 g/mol. The molecule has 1 fully saturated rings. The van der Waals surface area contributed by atoms with Gasteiger partial charge in [0, 0.05) is 10.2 Å². The van der Waals surface area contributed by atoms with Gasteiger partial charge in [0.25, 0.3) is 5.91 Å². The summed E-state index contributed by atoms with van der Waals surface area (Å²) in [5.41, 5.74) is 6.30. The van der Waals surface area contributed by atoms with Crippen LogP contribution < -0.4 is 11.1 Å². The summed E-state index contributed by atoms with van der Waals surface area (Å²) in [5.74, 6) is -0.185. The van der Waals surface area contributed by atoms with Gasteiger partial charge in [-0.2, -0.15) is 0 Å². The molecule has 104 valence electrons. The van der Waals surface area contributed by atoms with Crippen molar-refractivity contribution in [2.75, 3.05) is 12.3 Å². The zero-order chi connectivity index (χ0) is 13.9. The predicted molar refractivity (Wildman–Crippen MR) is 78.9 cm³/mol. The Morgan fingerprint density at radius 3 is 2.68 bits per heavy atom. The molecule has 1 aromatic rings. The lowest BCUT2D eigenvalue weighted by molar-refractivity contribution is 0.0758. The highest BCUT2D eigenvalue weighted by Gasteiger charge is 2.33. The summed E-state index contributed by atoms with van der Waals surface area (Å²) in [6.07, 6.45) is 4.90. The number of hydrogen-bond acceptors (Lipinski definition) is 3. The van der Waals surface area contributed by atoms with Gasteiger partial charge < -0.3 is 16.2 Å². The van der Waals surface area contributed by atoms with Gasteiger partial charge in [-0.05, 0) is 47.0 Å². The normalized spacial score (nSPS) is 18.0. The second-order valence-electron chi connectivity index (χ2n) is 5.19. The van der Waals surface area contributed by atoms with Crippen molar-refractivity contribution in [1.82, 2.24) is 5.32 Å². The van der Waals surface area contributed by atoms with E-state index in [0.717, 1.165) is 25.7 Å². The van der Waals surface area contributed by atoms with Crippen LogP contribution in [0.15, 0.2) is 22.7 Å². The number of hydrogen-bond donors (Lipinski definition) is 3. The number of nitrogen functional groups attached to an aromatic ring is 1. The first kappa shape index (κ1) is 14.3. The van der Waals surface area contributed by atoms with Gasteiger partial charge in [0.1, 0.15) is 0 Å². The Balaban J connectivity index is 2.17. The molecular weight excluding hydrogens is 308 g/mol. The number of amides is 1. The van der Waals surface area contributed by atoms with Crippen LogP contribution in [0.1, 0.15) is 42.5 Å². The Kier molecular flexibility index (Phi) is 4.47. The van der Waals surface area contributed by atoms with Crippen molar-refractivity contribution in [2.24, 2.45) is 0 Å². The molecule has 0 atom stereocenters. The minimum absolute atomic E-state index is 0.0152. The van der Waals surface area contributed by atoms with Gasteiger partial charge >= 0.3 is 0 Å².